The molecule has 0 aromatic carbocycles. The fourth-order valence-electron chi connectivity index (χ4n) is 1.34. The van der Waals surface area contributed by atoms with Crippen LogP contribution in [0, 0.1) is 0 Å². The second-order valence-corrected chi connectivity index (χ2v) is 3.22. The Labute approximate surface area is 79.2 Å². The van der Waals surface area contributed by atoms with E-state index in [4.69, 9.17) is 9.47 Å². The van der Waals surface area contributed by atoms with Gasteiger partial charge in [0.15, 0.2) is 0 Å². The van der Waals surface area contributed by atoms with Crippen LogP contribution in [-0.2, 0) is 9.47 Å². The number of ether oxygens (including phenoxy) is 2. The van der Waals surface area contributed by atoms with Gasteiger partial charge in [0.05, 0.1) is 25.4 Å². The summed E-state index contributed by atoms with van der Waals surface area (Å²) in [6, 6.07) is 0.113. The molecule has 1 rings (SSSR count). The van der Waals surface area contributed by atoms with Crippen molar-refractivity contribution in [2.45, 2.75) is 25.5 Å². The minimum absolute atomic E-state index is 0.113. The molecule has 1 fully saturated rings. The van der Waals surface area contributed by atoms with Gasteiger partial charge in [0.25, 0.3) is 0 Å². The van der Waals surface area contributed by atoms with Crippen LogP contribution < -0.4 is 5.32 Å². The molecule has 2 unspecified atom stereocenters. The highest BCUT2D eigenvalue weighted by molar-refractivity contribution is 4.80. The van der Waals surface area contributed by atoms with E-state index in [0.717, 1.165) is 26.2 Å². The van der Waals surface area contributed by atoms with Crippen LogP contribution in [0.15, 0.2) is 0 Å². The highest BCUT2D eigenvalue weighted by Gasteiger charge is 2.24. The lowest BCUT2D eigenvalue weighted by Gasteiger charge is -2.13. The number of aliphatic hydroxyl groups is 1. The molecule has 0 aliphatic carbocycles. The maximum atomic E-state index is 9.37. The third-order valence-corrected chi connectivity index (χ3v) is 2.13. The maximum absolute atomic E-state index is 9.37. The van der Waals surface area contributed by atoms with Crippen molar-refractivity contribution in [2.24, 2.45) is 0 Å². The molecule has 13 heavy (non-hydrogen) atoms. The minimum Gasteiger partial charge on any atom is -0.389 e. The molecular formula is C9H19NO3. The van der Waals surface area contributed by atoms with Crippen LogP contribution in [-0.4, -0.2) is 50.2 Å². The van der Waals surface area contributed by atoms with Crippen LogP contribution in [0.5, 0.6) is 0 Å². The second kappa shape index (κ2) is 6.32. The van der Waals surface area contributed by atoms with E-state index in [2.05, 4.69) is 5.32 Å². The average Bonchev–Trinajstić information content (AvgIpc) is 2.52. The van der Waals surface area contributed by atoms with Gasteiger partial charge in [0.1, 0.15) is 0 Å². The molecule has 1 aliphatic heterocycles. The summed E-state index contributed by atoms with van der Waals surface area (Å²) < 4.78 is 10.3. The van der Waals surface area contributed by atoms with Gasteiger partial charge in [0, 0.05) is 13.2 Å². The molecule has 4 heteroatoms. The van der Waals surface area contributed by atoms with Crippen molar-refractivity contribution in [2.75, 3.05) is 33.0 Å². The number of nitrogens with one attached hydrogen (secondary N) is 1. The molecule has 0 aromatic rings. The topological polar surface area (TPSA) is 50.7 Å². The van der Waals surface area contributed by atoms with Gasteiger partial charge in [-0.1, -0.05) is 0 Å². The monoisotopic (exact) mass is 189 g/mol. The summed E-state index contributed by atoms with van der Waals surface area (Å²) in [5.74, 6) is 0. The Kier molecular flexibility index (Phi) is 5.31. The molecule has 0 radical (unpaired) electrons. The van der Waals surface area contributed by atoms with Crippen LogP contribution in [0.4, 0.5) is 0 Å². The van der Waals surface area contributed by atoms with Gasteiger partial charge in [-0.15, -0.1) is 0 Å². The Morgan fingerprint density at radius 2 is 2.38 bits per heavy atom. The lowest BCUT2D eigenvalue weighted by Crippen LogP contribution is -2.39. The molecule has 1 saturated heterocycles. The standard InChI is InChI=1S/C9H19NO3/c1-2-12-5-3-4-10-8-6-13-7-9(8)11/h8-11H,2-7H2,1H3. The third kappa shape index (κ3) is 4.04. The van der Waals surface area contributed by atoms with Crippen LogP contribution in [0.25, 0.3) is 0 Å². The molecule has 0 aromatic heterocycles. The number of rotatable bonds is 6. The highest BCUT2D eigenvalue weighted by Crippen LogP contribution is 2.04. The summed E-state index contributed by atoms with van der Waals surface area (Å²) in [6.07, 6.45) is 0.643. The smallest absolute Gasteiger partial charge is 0.0948 e. The van der Waals surface area contributed by atoms with Crippen LogP contribution >= 0.6 is 0 Å². The average molecular weight is 189 g/mol. The number of aliphatic hydroxyl groups excluding tert-OH is 1. The molecule has 2 N–H and O–H groups in total. The first-order valence-corrected chi connectivity index (χ1v) is 4.91. The predicted octanol–water partition coefficient (Wildman–Crippen LogP) is -0.238. The van der Waals surface area contributed by atoms with E-state index in [0.29, 0.717) is 13.2 Å². The van der Waals surface area contributed by atoms with E-state index < -0.39 is 0 Å². The molecule has 78 valence electrons. The molecule has 1 aliphatic rings. The van der Waals surface area contributed by atoms with E-state index >= 15 is 0 Å². The summed E-state index contributed by atoms with van der Waals surface area (Å²) in [4.78, 5) is 0. The summed E-state index contributed by atoms with van der Waals surface area (Å²) in [7, 11) is 0. The zero-order valence-electron chi connectivity index (χ0n) is 8.16. The Balaban J connectivity index is 1.93. The van der Waals surface area contributed by atoms with Crippen molar-refractivity contribution in [1.29, 1.82) is 0 Å². The van der Waals surface area contributed by atoms with Crippen molar-refractivity contribution in [3.05, 3.63) is 0 Å². The summed E-state index contributed by atoms with van der Waals surface area (Å²) >= 11 is 0. The molecule has 0 spiro atoms. The molecular weight excluding hydrogens is 170 g/mol. The first-order valence-electron chi connectivity index (χ1n) is 4.91. The van der Waals surface area contributed by atoms with Crippen LogP contribution in [0.3, 0.4) is 0 Å². The van der Waals surface area contributed by atoms with Crippen molar-refractivity contribution in [3.63, 3.8) is 0 Å². The molecule has 0 saturated carbocycles. The van der Waals surface area contributed by atoms with Gasteiger partial charge in [0.2, 0.25) is 0 Å². The van der Waals surface area contributed by atoms with Gasteiger partial charge < -0.3 is 19.9 Å². The van der Waals surface area contributed by atoms with Gasteiger partial charge in [-0.25, -0.2) is 0 Å². The molecule has 0 bridgehead atoms. The van der Waals surface area contributed by atoms with E-state index in [1.165, 1.54) is 0 Å². The van der Waals surface area contributed by atoms with Crippen molar-refractivity contribution >= 4 is 0 Å². The Hall–Kier alpha value is -0.160. The predicted molar refractivity (Wildman–Crippen MR) is 49.7 cm³/mol. The van der Waals surface area contributed by atoms with Crippen molar-refractivity contribution < 1.29 is 14.6 Å². The van der Waals surface area contributed by atoms with Crippen molar-refractivity contribution in [3.8, 4) is 0 Å². The summed E-state index contributed by atoms with van der Waals surface area (Å²) in [5, 5.41) is 12.6. The molecule has 2 atom stereocenters. The Bertz CT molecular complexity index is 132. The zero-order valence-corrected chi connectivity index (χ0v) is 8.16. The van der Waals surface area contributed by atoms with Gasteiger partial charge in [-0.05, 0) is 19.9 Å². The quantitative estimate of drug-likeness (QED) is 0.566. The van der Waals surface area contributed by atoms with Crippen LogP contribution in [0.1, 0.15) is 13.3 Å². The van der Waals surface area contributed by atoms with Gasteiger partial charge in [-0.2, -0.15) is 0 Å². The molecule has 1 heterocycles. The normalized spacial score (nSPS) is 28.2. The largest absolute Gasteiger partial charge is 0.389 e. The van der Waals surface area contributed by atoms with E-state index in [-0.39, 0.29) is 12.1 Å². The van der Waals surface area contributed by atoms with E-state index in [1.807, 2.05) is 6.92 Å². The van der Waals surface area contributed by atoms with Gasteiger partial charge in [-0.3, -0.25) is 0 Å². The zero-order chi connectivity index (χ0) is 9.52. The van der Waals surface area contributed by atoms with Gasteiger partial charge >= 0.3 is 0 Å². The summed E-state index contributed by atoms with van der Waals surface area (Å²) in [6.45, 7) is 5.51. The third-order valence-electron chi connectivity index (χ3n) is 2.13. The lowest BCUT2D eigenvalue weighted by atomic mass is 10.2. The fraction of sp³-hybridized carbons (Fsp3) is 1.00. The molecule has 4 nitrogen and oxygen atoms in total. The first kappa shape index (κ1) is 10.9. The van der Waals surface area contributed by atoms with Crippen molar-refractivity contribution in [1.82, 2.24) is 5.32 Å². The Morgan fingerprint density at radius 3 is 3.00 bits per heavy atom. The molecule has 0 amide bonds. The van der Waals surface area contributed by atoms with E-state index in [9.17, 15) is 5.11 Å². The highest BCUT2D eigenvalue weighted by atomic mass is 16.5. The SMILES string of the molecule is CCOCCCNC1COCC1O. The second-order valence-electron chi connectivity index (χ2n) is 3.22. The van der Waals surface area contributed by atoms with E-state index in [1.54, 1.807) is 0 Å². The number of hydrogen-bond acceptors (Lipinski definition) is 4. The maximum Gasteiger partial charge on any atom is 0.0948 e. The summed E-state index contributed by atoms with van der Waals surface area (Å²) in [5.41, 5.74) is 0. The minimum atomic E-state index is -0.341. The van der Waals surface area contributed by atoms with Crippen LogP contribution in [0.2, 0.25) is 0 Å². The number of hydrogen-bond donors (Lipinski definition) is 2. The lowest BCUT2D eigenvalue weighted by molar-refractivity contribution is 0.120. The fourth-order valence-corrected chi connectivity index (χ4v) is 1.34. The first-order chi connectivity index (χ1) is 6.34. The Morgan fingerprint density at radius 1 is 1.54 bits per heavy atom.